The summed E-state index contributed by atoms with van der Waals surface area (Å²) in [5.74, 6) is -0.294. The Morgan fingerprint density at radius 3 is 2.33 bits per heavy atom. The summed E-state index contributed by atoms with van der Waals surface area (Å²) in [6, 6.07) is 14.2. The van der Waals surface area contributed by atoms with E-state index in [1.807, 2.05) is 42.5 Å². The zero-order chi connectivity index (χ0) is 34.0. The fourth-order valence-corrected chi connectivity index (χ4v) is 7.36. The van der Waals surface area contributed by atoms with Crippen molar-refractivity contribution in [3.63, 3.8) is 0 Å². The highest BCUT2D eigenvalue weighted by atomic mass is 32.1. The number of benzene rings is 2. The first kappa shape index (κ1) is 35.4. The predicted octanol–water partition coefficient (Wildman–Crippen LogP) is 7.79. The molecule has 1 aliphatic heterocycles. The summed E-state index contributed by atoms with van der Waals surface area (Å²) >= 11 is 1.22. The number of likely N-dealkylation sites (tertiary alicyclic amines) is 1. The second-order valence-corrected chi connectivity index (χ2v) is 20.4. The van der Waals surface area contributed by atoms with E-state index < -0.39 is 32.1 Å². The predicted molar refractivity (Wildman–Crippen MR) is 188 cm³/mol. The number of piperidine rings is 1. The quantitative estimate of drug-likeness (QED) is 0.228. The van der Waals surface area contributed by atoms with Crippen LogP contribution in [-0.2, 0) is 20.5 Å². The molecule has 4 rings (SSSR count). The summed E-state index contributed by atoms with van der Waals surface area (Å²) in [5, 5.41) is 9.95. The van der Waals surface area contributed by atoms with Crippen LogP contribution in [0, 0.1) is 11.3 Å². The van der Waals surface area contributed by atoms with Crippen LogP contribution in [0.3, 0.4) is 0 Å². The number of nitriles is 1. The van der Waals surface area contributed by atoms with E-state index in [1.165, 1.54) is 21.1 Å². The molecule has 2 heterocycles. The molecule has 1 aliphatic rings. The molecule has 0 aliphatic carbocycles. The van der Waals surface area contributed by atoms with Gasteiger partial charge in [-0.15, -0.1) is 0 Å². The van der Waals surface area contributed by atoms with Crippen molar-refractivity contribution in [1.29, 1.82) is 5.26 Å². The fraction of sp³-hybridized carbons (Fsp3) is 0.543. The van der Waals surface area contributed by atoms with Gasteiger partial charge in [0.1, 0.15) is 17.7 Å². The van der Waals surface area contributed by atoms with Crippen LogP contribution < -0.4 is 9.77 Å². The number of fused-ring (bicyclic) bond motifs is 1. The monoisotopic (exact) mass is 664 g/mol. The maximum absolute atomic E-state index is 14.0. The van der Waals surface area contributed by atoms with Gasteiger partial charge in [-0.25, -0.2) is 4.79 Å². The number of rotatable bonds is 8. The molecule has 248 valence electrons. The zero-order valence-electron chi connectivity index (χ0n) is 28.7. The molecule has 0 saturated carbocycles. The van der Waals surface area contributed by atoms with Crippen molar-refractivity contribution < 1.29 is 18.8 Å². The van der Waals surface area contributed by atoms with E-state index in [0.29, 0.717) is 31.8 Å². The van der Waals surface area contributed by atoms with E-state index in [0.717, 1.165) is 34.2 Å². The van der Waals surface area contributed by atoms with Crippen LogP contribution in [0.25, 0.3) is 21.3 Å². The number of amides is 2. The minimum atomic E-state index is -1.91. The van der Waals surface area contributed by atoms with Crippen LogP contribution in [0.1, 0.15) is 67.7 Å². The van der Waals surface area contributed by atoms with Gasteiger partial charge in [-0.1, -0.05) is 50.3 Å². The highest BCUT2D eigenvalue weighted by Crippen LogP contribution is 2.36. The minimum absolute atomic E-state index is 0.0101. The SMILES string of the molecule is CC(C#N)N(C(=O)C1CCCCN1C(=O)OC(C)(C)C)c1ccc(-c2ccc3c(c2)sc(=O)n3CCO[Si](C)(C)C(C)(C)C)cc1. The molecule has 0 N–H and O–H groups in total. The fourth-order valence-electron chi connectivity index (χ4n) is 5.37. The maximum atomic E-state index is 14.0. The number of carbonyl (C=O) groups excluding carboxylic acids is 2. The Balaban J connectivity index is 1.55. The van der Waals surface area contributed by atoms with Crippen molar-refractivity contribution in [3.8, 4) is 17.2 Å². The number of ether oxygens (including phenoxy) is 1. The van der Waals surface area contributed by atoms with Gasteiger partial charge in [0.2, 0.25) is 0 Å². The van der Waals surface area contributed by atoms with Crippen LogP contribution in [0.5, 0.6) is 0 Å². The summed E-state index contributed by atoms with van der Waals surface area (Å²) in [6.07, 6.45) is 1.60. The van der Waals surface area contributed by atoms with Gasteiger partial charge in [-0.3, -0.25) is 24.0 Å². The number of nitrogens with zero attached hydrogens (tertiary/aromatic N) is 4. The molecule has 0 radical (unpaired) electrons. The number of carbonyl (C=O) groups is 2. The van der Waals surface area contributed by atoms with Crippen molar-refractivity contribution in [2.24, 2.45) is 0 Å². The lowest BCUT2D eigenvalue weighted by molar-refractivity contribution is -0.125. The average Bonchev–Trinajstić information content (AvgIpc) is 3.29. The number of thiazole rings is 1. The van der Waals surface area contributed by atoms with Crippen molar-refractivity contribution >= 4 is 47.6 Å². The van der Waals surface area contributed by atoms with Crippen LogP contribution in [0.4, 0.5) is 10.5 Å². The van der Waals surface area contributed by atoms with E-state index in [2.05, 4.69) is 39.9 Å². The Bertz CT molecular complexity index is 1660. The normalized spacial score (nSPS) is 16.6. The first-order valence-electron chi connectivity index (χ1n) is 16.0. The summed E-state index contributed by atoms with van der Waals surface area (Å²) in [6.45, 7) is 19.6. The molecule has 2 aromatic carbocycles. The first-order chi connectivity index (χ1) is 21.4. The third-order valence-electron chi connectivity index (χ3n) is 8.96. The topological polar surface area (TPSA) is 105 Å². The summed E-state index contributed by atoms with van der Waals surface area (Å²) < 4.78 is 14.6. The lowest BCUT2D eigenvalue weighted by Gasteiger charge is -2.39. The lowest BCUT2D eigenvalue weighted by Crippen LogP contribution is -2.55. The second kappa shape index (κ2) is 13.7. The molecular formula is C35H48N4O5SSi. The third kappa shape index (κ3) is 7.90. The average molecular weight is 665 g/mol. The molecule has 2 unspecified atom stereocenters. The number of hydrogen-bond acceptors (Lipinski definition) is 7. The number of anilines is 1. The van der Waals surface area contributed by atoms with Gasteiger partial charge in [-0.05, 0) is 100 Å². The molecule has 11 heteroatoms. The van der Waals surface area contributed by atoms with Crippen molar-refractivity contribution in [1.82, 2.24) is 9.47 Å². The summed E-state index contributed by atoms with van der Waals surface area (Å²) in [4.78, 5) is 42.9. The molecule has 2 atom stereocenters. The van der Waals surface area contributed by atoms with E-state index in [1.54, 1.807) is 32.3 Å². The highest BCUT2D eigenvalue weighted by Gasteiger charge is 2.39. The lowest BCUT2D eigenvalue weighted by atomic mass is 9.99. The molecule has 1 saturated heterocycles. The minimum Gasteiger partial charge on any atom is -0.444 e. The molecule has 9 nitrogen and oxygen atoms in total. The molecule has 1 fully saturated rings. The Morgan fingerprint density at radius 2 is 1.72 bits per heavy atom. The third-order valence-corrected chi connectivity index (χ3v) is 14.4. The van der Waals surface area contributed by atoms with Gasteiger partial charge in [0.05, 0.1) is 22.9 Å². The molecule has 2 amide bonds. The van der Waals surface area contributed by atoms with Gasteiger partial charge in [0.15, 0.2) is 8.32 Å². The highest BCUT2D eigenvalue weighted by molar-refractivity contribution is 7.16. The van der Waals surface area contributed by atoms with Crippen molar-refractivity contribution in [2.75, 3.05) is 18.1 Å². The van der Waals surface area contributed by atoms with E-state index in [-0.39, 0.29) is 15.8 Å². The number of hydrogen-bond donors (Lipinski definition) is 0. The second-order valence-electron chi connectivity index (χ2n) is 14.6. The molecule has 0 bridgehead atoms. The van der Waals surface area contributed by atoms with Crippen LogP contribution in [-0.4, -0.2) is 60.6 Å². The van der Waals surface area contributed by atoms with Crippen molar-refractivity contribution in [2.45, 2.75) is 110 Å². The van der Waals surface area contributed by atoms with Gasteiger partial charge < -0.3 is 9.16 Å². The molecule has 3 aromatic rings. The zero-order valence-corrected chi connectivity index (χ0v) is 30.5. The standard InChI is InChI=1S/C35H48N4O5SSi/c1-24(23-36)39(31(40)29-12-10-11-19-37(29)32(41)44-34(2,3)4)27-16-13-25(14-17-27)26-15-18-28-30(22-26)45-33(42)38(28)20-21-43-46(8,9)35(5,6)7/h13-18,22,24,29H,10-12,19-21H2,1-9H3. The van der Waals surface area contributed by atoms with E-state index in [4.69, 9.17) is 9.16 Å². The Morgan fingerprint density at radius 1 is 1.07 bits per heavy atom. The van der Waals surface area contributed by atoms with Gasteiger partial charge in [0, 0.05) is 18.8 Å². The van der Waals surface area contributed by atoms with Gasteiger partial charge in [0.25, 0.3) is 5.91 Å². The molecular weight excluding hydrogens is 617 g/mol. The van der Waals surface area contributed by atoms with E-state index in [9.17, 15) is 19.6 Å². The van der Waals surface area contributed by atoms with Gasteiger partial charge >= 0.3 is 11.0 Å². The number of aromatic nitrogens is 1. The van der Waals surface area contributed by atoms with Gasteiger partial charge in [-0.2, -0.15) is 5.26 Å². The molecule has 1 aromatic heterocycles. The molecule has 46 heavy (non-hydrogen) atoms. The van der Waals surface area contributed by atoms with Crippen LogP contribution >= 0.6 is 11.3 Å². The van der Waals surface area contributed by atoms with Crippen LogP contribution in [0.15, 0.2) is 47.3 Å². The summed E-state index contributed by atoms with van der Waals surface area (Å²) in [7, 11) is -1.91. The summed E-state index contributed by atoms with van der Waals surface area (Å²) in [5.41, 5.74) is 2.65. The Hall–Kier alpha value is -3.46. The van der Waals surface area contributed by atoms with Crippen LogP contribution in [0.2, 0.25) is 18.1 Å². The largest absolute Gasteiger partial charge is 0.444 e. The van der Waals surface area contributed by atoms with Crippen molar-refractivity contribution in [3.05, 3.63) is 52.1 Å². The smallest absolute Gasteiger partial charge is 0.410 e. The maximum Gasteiger partial charge on any atom is 0.410 e. The Kier molecular flexibility index (Phi) is 10.6. The van der Waals surface area contributed by atoms with E-state index >= 15 is 0 Å². The Labute approximate surface area is 277 Å². The first-order valence-corrected chi connectivity index (χ1v) is 19.8. The molecule has 0 spiro atoms.